The molecule has 0 saturated carbocycles. The van der Waals surface area contributed by atoms with Crippen LogP contribution in [0.25, 0.3) is 0 Å². The lowest BCUT2D eigenvalue weighted by Crippen LogP contribution is -2.55. The van der Waals surface area contributed by atoms with Crippen molar-refractivity contribution in [2.75, 3.05) is 32.7 Å². The highest BCUT2D eigenvalue weighted by Gasteiger charge is 2.28. The smallest absolute Gasteiger partial charge is 0.0223 e. The Hall–Kier alpha value is -0.0800. The van der Waals surface area contributed by atoms with Crippen LogP contribution in [0.3, 0.4) is 0 Å². The monoisotopic (exact) mass is 210 g/mol. The number of piperazine rings is 1. The summed E-state index contributed by atoms with van der Waals surface area (Å²) in [7, 11) is 0. The highest BCUT2D eigenvalue weighted by Crippen LogP contribution is 2.21. The van der Waals surface area contributed by atoms with E-state index in [0.29, 0.717) is 0 Å². The second kappa shape index (κ2) is 5.31. The van der Waals surface area contributed by atoms with Gasteiger partial charge in [-0.05, 0) is 25.3 Å². The highest BCUT2D eigenvalue weighted by atomic mass is 15.3. The van der Waals surface area contributed by atoms with Gasteiger partial charge in [0.05, 0.1) is 0 Å². The number of hydrogen-bond donors (Lipinski definition) is 0. The molecule has 0 aliphatic carbocycles. The van der Waals surface area contributed by atoms with E-state index in [0.717, 1.165) is 12.0 Å². The summed E-state index contributed by atoms with van der Waals surface area (Å²) in [6.07, 6.45) is 5.65. The van der Waals surface area contributed by atoms with Gasteiger partial charge >= 0.3 is 0 Å². The summed E-state index contributed by atoms with van der Waals surface area (Å²) in [4.78, 5) is 5.41. The minimum Gasteiger partial charge on any atom is -0.300 e. The van der Waals surface area contributed by atoms with Crippen LogP contribution >= 0.6 is 0 Å². The topological polar surface area (TPSA) is 6.48 Å². The van der Waals surface area contributed by atoms with Crippen LogP contribution in [0, 0.1) is 5.92 Å². The average molecular weight is 210 g/mol. The third-order valence-electron chi connectivity index (χ3n) is 4.19. The minimum absolute atomic E-state index is 0.875. The van der Waals surface area contributed by atoms with Crippen LogP contribution in [0.4, 0.5) is 0 Å². The Kier molecular flexibility index (Phi) is 4.04. The Balaban J connectivity index is 1.80. The third-order valence-corrected chi connectivity index (χ3v) is 4.19. The molecule has 88 valence electrons. The molecule has 2 aliphatic heterocycles. The molecule has 2 saturated heterocycles. The zero-order chi connectivity index (χ0) is 10.7. The quantitative estimate of drug-likeness (QED) is 0.704. The number of piperidine rings is 1. The molecule has 0 aromatic heterocycles. The lowest BCUT2D eigenvalue weighted by Gasteiger charge is -2.44. The van der Waals surface area contributed by atoms with E-state index in [1.807, 2.05) is 0 Å². The zero-order valence-electron chi connectivity index (χ0n) is 10.4. The standard InChI is InChI=1S/C13H26N2/c1-3-12(2)10-14-8-9-15-7-5-4-6-13(15)11-14/h12-13H,3-11H2,1-2H3/t12?,13-/m1/s1. The van der Waals surface area contributed by atoms with Crippen molar-refractivity contribution in [3.8, 4) is 0 Å². The molecule has 0 N–H and O–H groups in total. The molecule has 15 heavy (non-hydrogen) atoms. The first-order chi connectivity index (χ1) is 7.29. The predicted molar refractivity (Wildman–Crippen MR) is 65.1 cm³/mol. The summed E-state index contributed by atoms with van der Waals surface area (Å²) in [6.45, 7) is 11.3. The molecule has 2 rings (SSSR count). The van der Waals surface area contributed by atoms with Crippen LogP contribution in [0.1, 0.15) is 39.5 Å². The van der Waals surface area contributed by atoms with Gasteiger partial charge in [-0.1, -0.05) is 26.7 Å². The summed E-state index contributed by atoms with van der Waals surface area (Å²) < 4.78 is 0. The first-order valence-electron chi connectivity index (χ1n) is 6.76. The van der Waals surface area contributed by atoms with E-state index in [1.54, 1.807) is 0 Å². The van der Waals surface area contributed by atoms with Gasteiger partial charge in [0.25, 0.3) is 0 Å². The molecule has 0 aromatic rings. The lowest BCUT2D eigenvalue weighted by molar-refractivity contribution is 0.0427. The molecular formula is C13H26N2. The van der Waals surface area contributed by atoms with Crippen LogP contribution in [0.15, 0.2) is 0 Å². The Bertz CT molecular complexity index is 193. The molecule has 2 nitrogen and oxygen atoms in total. The third kappa shape index (κ3) is 2.94. The lowest BCUT2D eigenvalue weighted by atomic mass is 9.98. The van der Waals surface area contributed by atoms with Crippen LogP contribution < -0.4 is 0 Å². The van der Waals surface area contributed by atoms with Crippen molar-refractivity contribution in [3.05, 3.63) is 0 Å². The maximum Gasteiger partial charge on any atom is 0.0223 e. The Labute approximate surface area is 94.6 Å². The van der Waals surface area contributed by atoms with Crippen LogP contribution in [-0.2, 0) is 0 Å². The van der Waals surface area contributed by atoms with Crippen molar-refractivity contribution in [3.63, 3.8) is 0 Å². The molecule has 2 fully saturated rings. The fourth-order valence-corrected chi connectivity index (χ4v) is 2.96. The zero-order valence-corrected chi connectivity index (χ0v) is 10.4. The van der Waals surface area contributed by atoms with E-state index in [2.05, 4.69) is 23.6 Å². The Morgan fingerprint density at radius 2 is 2.07 bits per heavy atom. The second-order valence-electron chi connectivity index (χ2n) is 5.46. The van der Waals surface area contributed by atoms with Gasteiger partial charge in [0, 0.05) is 32.2 Å². The second-order valence-corrected chi connectivity index (χ2v) is 5.46. The fourth-order valence-electron chi connectivity index (χ4n) is 2.96. The van der Waals surface area contributed by atoms with Crippen molar-refractivity contribution in [2.45, 2.75) is 45.6 Å². The number of hydrogen-bond acceptors (Lipinski definition) is 2. The summed E-state index contributed by atoms with van der Waals surface area (Å²) in [6, 6.07) is 0.886. The summed E-state index contributed by atoms with van der Waals surface area (Å²) in [5.74, 6) is 0.875. The summed E-state index contributed by atoms with van der Waals surface area (Å²) in [5.41, 5.74) is 0. The van der Waals surface area contributed by atoms with Gasteiger partial charge in [-0.15, -0.1) is 0 Å². The van der Waals surface area contributed by atoms with Gasteiger partial charge in [0.1, 0.15) is 0 Å². The van der Waals surface area contributed by atoms with E-state index in [1.165, 1.54) is 58.4 Å². The Morgan fingerprint density at radius 3 is 2.87 bits per heavy atom. The predicted octanol–water partition coefficient (Wildman–Crippen LogP) is 2.20. The first-order valence-corrected chi connectivity index (χ1v) is 6.76. The van der Waals surface area contributed by atoms with Crippen molar-refractivity contribution in [1.82, 2.24) is 9.80 Å². The van der Waals surface area contributed by atoms with Crippen molar-refractivity contribution in [1.29, 1.82) is 0 Å². The Morgan fingerprint density at radius 1 is 1.20 bits per heavy atom. The minimum atomic E-state index is 0.875. The molecule has 1 unspecified atom stereocenters. The molecule has 2 atom stereocenters. The number of rotatable bonds is 3. The van der Waals surface area contributed by atoms with Crippen molar-refractivity contribution >= 4 is 0 Å². The van der Waals surface area contributed by atoms with Crippen molar-refractivity contribution in [2.24, 2.45) is 5.92 Å². The van der Waals surface area contributed by atoms with Crippen LogP contribution in [0.5, 0.6) is 0 Å². The van der Waals surface area contributed by atoms with E-state index < -0.39 is 0 Å². The molecular weight excluding hydrogens is 184 g/mol. The van der Waals surface area contributed by atoms with Gasteiger partial charge in [0.2, 0.25) is 0 Å². The number of nitrogens with zero attached hydrogens (tertiary/aromatic N) is 2. The summed E-state index contributed by atoms with van der Waals surface area (Å²) in [5, 5.41) is 0. The summed E-state index contributed by atoms with van der Waals surface area (Å²) >= 11 is 0. The molecule has 0 aromatic carbocycles. The highest BCUT2D eigenvalue weighted by molar-refractivity contribution is 4.85. The molecule has 2 aliphatic rings. The molecule has 0 radical (unpaired) electrons. The van der Waals surface area contributed by atoms with E-state index in [9.17, 15) is 0 Å². The van der Waals surface area contributed by atoms with Gasteiger partial charge in [0.15, 0.2) is 0 Å². The number of fused-ring (bicyclic) bond motifs is 1. The molecule has 0 spiro atoms. The fraction of sp³-hybridized carbons (Fsp3) is 1.00. The molecule has 0 amide bonds. The SMILES string of the molecule is CCC(C)CN1CCN2CCCC[C@@H]2C1. The normalized spacial score (nSPS) is 31.2. The largest absolute Gasteiger partial charge is 0.300 e. The van der Waals surface area contributed by atoms with E-state index in [-0.39, 0.29) is 0 Å². The van der Waals surface area contributed by atoms with Crippen LogP contribution in [-0.4, -0.2) is 48.6 Å². The van der Waals surface area contributed by atoms with Crippen molar-refractivity contribution < 1.29 is 0 Å². The maximum atomic E-state index is 2.72. The average Bonchev–Trinajstić information content (AvgIpc) is 2.29. The maximum absolute atomic E-state index is 2.72. The molecule has 2 heterocycles. The van der Waals surface area contributed by atoms with Crippen LogP contribution in [0.2, 0.25) is 0 Å². The molecule has 2 heteroatoms. The first kappa shape index (κ1) is 11.4. The van der Waals surface area contributed by atoms with Gasteiger partial charge in [-0.25, -0.2) is 0 Å². The van der Waals surface area contributed by atoms with Gasteiger partial charge in [-0.2, -0.15) is 0 Å². The van der Waals surface area contributed by atoms with E-state index in [4.69, 9.17) is 0 Å². The molecule has 0 bridgehead atoms. The van der Waals surface area contributed by atoms with Gasteiger partial charge in [-0.3, -0.25) is 4.90 Å². The van der Waals surface area contributed by atoms with Gasteiger partial charge < -0.3 is 4.90 Å². The van der Waals surface area contributed by atoms with E-state index >= 15 is 0 Å².